The molecule has 3 aliphatic carbocycles. The number of fused-ring (bicyclic) bond motifs is 3. The summed E-state index contributed by atoms with van der Waals surface area (Å²) in [6.07, 6.45) is 15.1. The molecule has 3 aliphatic rings. The van der Waals surface area contributed by atoms with Crippen molar-refractivity contribution in [3.8, 4) is 6.07 Å². The fourth-order valence-corrected chi connectivity index (χ4v) is 6.19. The van der Waals surface area contributed by atoms with E-state index in [1.807, 2.05) is 0 Å². The highest BCUT2D eigenvalue weighted by molar-refractivity contribution is 5.05. The predicted octanol–water partition coefficient (Wildman–Crippen LogP) is 5.95. The third-order valence-corrected chi connectivity index (χ3v) is 7.43. The van der Waals surface area contributed by atoms with Crippen LogP contribution in [-0.2, 0) is 0 Å². The lowest BCUT2D eigenvalue weighted by Gasteiger charge is -2.52. The molecule has 6 atom stereocenters. The minimum absolute atomic E-state index is 0.0351. The molecule has 3 saturated carbocycles. The Labute approximate surface area is 131 Å². The quantitative estimate of drug-likeness (QED) is 0.629. The fourth-order valence-electron chi connectivity index (χ4n) is 6.19. The summed E-state index contributed by atoms with van der Waals surface area (Å²) < 4.78 is 0. The normalized spacial score (nSPS) is 46.2. The molecule has 0 bridgehead atoms. The minimum atomic E-state index is 0.0351. The van der Waals surface area contributed by atoms with Crippen LogP contribution in [-0.4, -0.2) is 0 Å². The zero-order valence-corrected chi connectivity index (χ0v) is 14.1. The molecule has 3 fully saturated rings. The SMILES string of the molecule is CCC[C@@H]1CCC2C(CCC3C[C@](C#N)(CC)CCC32)C1. The van der Waals surface area contributed by atoms with Crippen LogP contribution in [0.5, 0.6) is 0 Å². The van der Waals surface area contributed by atoms with Gasteiger partial charge in [0.1, 0.15) is 0 Å². The Bertz CT molecular complexity index is 395. The second-order valence-electron chi connectivity index (χ2n) is 8.38. The van der Waals surface area contributed by atoms with E-state index in [0.717, 1.165) is 36.0 Å². The van der Waals surface area contributed by atoms with Gasteiger partial charge in [-0.15, -0.1) is 0 Å². The Kier molecular flexibility index (Phi) is 4.63. The summed E-state index contributed by atoms with van der Waals surface area (Å²) in [6, 6.07) is 2.70. The van der Waals surface area contributed by atoms with Crippen molar-refractivity contribution >= 4 is 0 Å². The Morgan fingerprint density at radius 2 is 1.76 bits per heavy atom. The summed E-state index contributed by atoms with van der Waals surface area (Å²) in [6.45, 7) is 4.57. The van der Waals surface area contributed by atoms with Crippen LogP contribution in [0.15, 0.2) is 0 Å². The molecule has 0 heterocycles. The van der Waals surface area contributed by atoms with Crippen LogP contribution < -0.4 is 0 Å². The first-order valence-electron chi connectivity index (χ1n) is 9.62. The van der Waals surface area contributed by atoms with Gasteiger partial charge in [0.2, 0.25) is 0 Å². The molecule has 3 rings (SSSR count). The van der Waals surface area contributed by atoms with Gasteiger partial charge in [-0.2, -0.15) is 5.26 Å². The van der Waals surface area contributed by atoms with E-state index in [2.05, 4.69) is 19.9 Å². The summed E-state index contributed by atoms with van der Waals surface area (Å²) in [5.41, 5.74) is 0.0351. The van der Waals surface area contributed by atoms with Gasteiger partial charge in [0, 0.05) is 0 Å². The van der Waals surface area contributed by atoms with Gasteiger partial charge in [0.05, 0.1) is 11.5 Å². The smallest absolute Gasteiger partial charge is 0.0689 e. The Morgan fingerprint density at radius 3 is 2.48 bits per heavy atom. The predicted molar refractivity (Wildman–Crippen MR) is 87.6 cm³/mol. The van der Waals surface area contributed by atoms with E-state index in [4.69, 9.17) is 0 Å². The first kappa shape index (κ1) is 15.4. The van der Waals surface area contributed by atoms with Crippen molar-refractivity contribution in [3.63, 3.8) is 0 Å². The third-order valence-electron chi connectivity index (χ3n) is 7.43. The molecule has 0 spiro atoms. The average molecular weight is 287 g/mol. The van der Waals surface area contributed by atoms with E-state index >= 15 is 0 Å². The lowest BCUT2D eigenvalue weighted by molar-refractivity contribution is -0.0166. The standard InChI is InChI=1S/C20H33N/c1-3-5-15-6-9-18-16(12-15)7-8-17-13-20(4-2,14-21)11-10-19(17)18/h15-19H,3-13H2,1-2H3/t15-,16?,17?,18?,19?,20+/m1/s1. The molecule has 1 nitrogen and oxygen atoms in total. The van der Waals surface area contributed by atoms with Crippen LogP contribution in [0.1, 0.15) is 84.5 Å². The van der Waals surface area contributed by atoms with Crippen molar-refractivity contribution < 1.29 is 0 Å². The number of hydrogen-bond donors (Lipinski definition) is 0. The van der Waals surface area contributed by atoms with E-state index in [9.17, 15) is 5.26 Å². The van der Waals surface area contributed by atoms with E-state index in [1.165, 1.54) is 64.2 Å². The first-order valence-corrected chi connectivity index (χ1v) is 9.62. The molecule has 21 heavy (non-hydrogen) atoms. The summed E-state index contributed by atoms with van der Waals surface area (Å²) in [5, 5.41) is 9.61. The summed E-state index contributed by atoms with van der Waals surface area (Å²) >= 11 is 0. The molecule has 0 amide bonds. The van der Waals surface area contributed by atoms with Gasteiger partial charge in [0.15, 0.2) is 0 Å². The highest BCUT2D eigenvalue weighted by Gasteiger charge is 2.47. The lowest BCUT2D eigenvalue weighted by atomic mass is 9.52. The molecular weight excluding hydrogens is 254 g/mol. The van der Waals surface area contributed by atoms with Crippen molar-refractivity contribution in [1.29, 1.82) is 5.26 Å². The van der Waals surface area contributed by atoms with E-state index in [-0.39, 0.29) is 5.41 Å². The maximum absolute atomic E-state index is 9.61. The van der Waals surface area contributed by atoms with Crippen LogP contribution in [0.4, 0.5) is 0 Å². The molecule has 0 aliphatic heterocycles. The average Bonchev–Trinajstić information content (AvgIpc) is 2.54. The highest BCUT2D eigenvalue weighted by Crippen LogP contribution is 2.56. The number of hydrogen-bond acceptors (Lipinski definition) is 1. The fraction of sp³-hybridized carbons (Fsp3) is 0.950. The van der Waals surface area contributed by atoms with E-state index in [0.29, 0.717) is 0 Å². The third kappa shape index (κ3) is 2.88. The van der Waals surface area contributed by atoms with Gasteiger partial charge in [-0.1, -0.05) is 33.1 Å². The molecule has 1 heteroatoms. The minimum Gasteiger partial charge on any atom is -0.198 e. The Morgan fingerprint density at radius 1 is 1.00 bits per heavy atom. The number of nitriles is 1. The molecule has 0 saturated heterocycles. The second-order valence-corrected chi connectivity index (χ2v) is 8.38. The van der Waals surface area contributed by atoms with Crippen LogP contribution in [0.3, 0.4) is 0 Å². The Hall–Kier alpha value is -0.510. The summed E-state index contributed by atoms with van der Waals surface area (Å²) in [4.78, 5) is 0. The molecule has 0 aromatic rings. The second kappa shape index (κ2) is 6.31. The van der Waals surface area contributed by atoms with E-state index in [1.54, 1.807) is 0 Å². The monoisotopic (exact) mass is 287 g/mol. The van der Waals surface area contributed by atoms with Crippen LogP contribution in [0.2, 0.25) is 0 Å². The zero-order valence-electron chi connectivity index (χ0n) is 14.1. The van der Waals surface area contributed by atoms with Crippen LogP contribution in [0.25, 0.3) is 0 Å². The zero-order chi connectivity index (χ0) is 14.9. The molecule has 0 radical (unpaired) electrons. The molecule has 0 N–H and O–H groups in total. The van der Waals surface area contributed by atoms with Crippen molar-refractivity contribution in [3.05, 3.63) is 0 Å². The van der Waals surface area contributed by atoms with Crippen molar-refractivity contribution in [2.75, 3.05) is 0 Å². The van der Waals surface area contributed by atoms with Crippen molar-refractivity contribution in [2.45, 2.75) is 84.5 Å². The molecule has 4 unspecified atom stereocenters. The molecule has 118 valence electrons. The maximum Gasteiger partial charge on any atom is 0.0689 e. The van der Waals surface area contributed by atoms with Crippen molar-refractivity contribution in [2.24, 2.45) is 35.0 Å². The molecular formula is C20H33N. The molecule has 0 aromatic heterocycles. The van der Waals surface area contributed by atoms with Crippen molar-refractivity contribution in [1.82, 2.24) is 0 Å². The van der Waals surface area contributed by atoms with Gasteiger partial charge in [0.25, 0.3) is 0 Å². The van der Waals surface area contributed by atoms with Gasteiger partial charge >= 0.3 is 0 Å². The first-order chi connectivity index (χ1) is 10.2. The highest BCUT2D eigenvalue weighted by atomic mass is 14.5. The Balaban J connectivity index is 1.65. The number of nitrogens with zero attached hydrogens (tertiary/aromatic N) is 1. The topological polar surface area (TPSA) is 23.8 Å². The van der Waals surface area contributed by atoms with E-state index < -0.39 is 0 Å². The van der Waals surface area contributed by atoms with Crippen LogP contribution >= 0.6 is 0 Å². The number of rotatable bonds is 3. The lowest BCUT2D eigenvalue weighted by Crippen LogP contribution is -2.43. The largest absolute Gasteiger partial charge is 0.198 e. The maximum atomic E-state index is 9.61. The summed E-state index contributed by atoms with van der Waals surface area (Å²) in [5.74, 6) is 4.94. The van der Waals surface area contributed by atoms with Gasteiger partial charge < -0.3 is 0 Å². The van der Waals surface area contributed by atoms with Gasteiger partial charge in [-0.3, -0.25) is 0 Å². The van der Waals surface area contributed by atoms with Crippen LogP contribution in [0, 0.1) is 46.3 Å². The summed E-state index contributed by atoms with van der Waals surface area (Å²) in [7, 11) is 0. The molecule has 0 aromatic carbocycles. The van der Waals surface area contributed by atoms with Gasteiger partial charge in [-0.05, 0) is 81.0 Å². The van der Waals surface area contributed by atoms with Gasteiger partial charge in [-0.25, -0.2) is 0 Å².